The highest BCUT2D eigenvalue weighted by Crippen LogP contribution is 2.12. The van der Waals surface area contributed by atoms with Crippen LogP contribution in [0.4, 0.5) is 0 Å². The van der Waals surface area contributed by atoms with Crippen LogP contribution in [0.15, 0.2) is 47.5 Å². The lowest BCUT2D eigenvalue weighted by Crippen LogP contribution is -2.09. The highest BCUT2D eigenvalue weighted by molar-refractivity contribution is 5.30. The van der Waals surface area contributed by atoms with Gasteiger partial charge in [0.2, 0.25) is 5.95 Å². The molecule has 0 atom stereocenters. The van der Waals surface area contributed by atoms with Crippen molar-refractivity contribution in [1.82, 2.24) is 19.7 Å². The van der Waals surface area contributed by atoms with Crippen molar-refractivity contribution < 1.29 is 0 Å². The second kappa shape index (κ2) is 5.97. The highest BCUT2D eigenvalue weighted by atomic mass is 16.1. The van der Waals surface area contributed by atoms with Crippen LogP contribution < -0.4 is 5.56 Å². The maximum atomic E-state index is 12.2. The molecule has 0 saturated carbocycles. The van der Waals surface area contributed by atoms with E-state index in [-0.39, 0.29) is 5.56 Å². The van der Waals surface area contributed by atoms with Crippen molar-refractivity contribution >= 4 is 0 Å². The molecular weight excluding hydrogens is 276 g/mol. The number of aryl methyl sites for hydroxylation is 1. The summed E-state index contributed by atoms with van der Waals surface area (Å²) in [5.41, 5.74) is 3.67. The average molecular weight is 294 g/mol. The van der Waals surface area contributed by atoms with Crippen molar-refractivity contribution in [2.75, 3.05) is 0 Å². The van der Waals surface area contributed by atoms with Gasteiger partial charge < -0.3 is 0 Å². The van der Waals surface area contributed by atoms with Crippen molar-refractivity contribution in [3.63, 3.8) is 0 Å². The fraction of sp³-hybridized carbons (Fsp3) is 0.235. The minimum absolute atomic E-state index is 0.0930. The number of hydrogen-bond donors (Lipinski definition) is 1. The number of rotatable bonds is 4. The summed E-state index contributed by atoms with van der Waals surface area (Å²) in [6.45, 7) is 3.96. The summed E-state index contributed by atoms with van der Waals surface area (Å²) >= 11 is 0. The van der Waals surface area contributed by atoms with Crippen LogP contribution in [0.5, 0.6) is 0 Å². The van der Waals surface area contributed by atoms with Crippen LogP contribution in [0.25, 0.3) is 5.95 Å². The Hall–Kier alpha value is -2.69. The molecule has 22 heavy (non-hydrogen) atoms. The molecule has 0 saturated heterocycles. The van der Waals surface area contributed by atoms with E-state index in [1.807, 2.05) is 37.3 Å². The molecule has 3 aromatic rings. The first-order valence-corrected chi connectivity index (χ1v) is 7.34. The molecular formula is C17H18N4O. The lowest BCUT2D eigenvalue weighted by Gasteiger charge is -2.05. The van der Waals surface area contributed by atoms with E-state index >= 15 is 0 Å². The molecule has 0 aliphatic carbocycles. The fourth-order valence-electron chi connectivity index (χ4n) is 2.41. The van der Waals surface area contributed by atoms with E-state index < -0.39 is 0 Å². The van der Waals surface area contributed by atoms with Gasteiger partial charge in [0, 0.05) is 30.1 Å². The number of aromatic amines is 1. The van der Waals surface area contributed by atoms with Crippen molar-refractivity contribution in [2.45, 2.75) is 26.7 Å². The molecule has 1 N–H and O–H groups in total. The Labute approximate surface area is 128 Å². The standard InChI is InChI=1S/C17H18N4O/c1-3-13-10-18-17(19-11-13)21-12(2)15(16(22)20-21)9-14-7-5-4-6-8-14/h4-8,10-11H,3,9H2,1-2H3,(H,20,22). The van der Waals surface area contributed by atoms with Gasteiger partial charge in [0.15, 0.2) is 0 Å². The second-order valence-electron chi connectivity index (χ2n) is 5.25. The molecule has 2 aromatic heterocycles. The Kier molecular flexibility index (Phi) is 3.87. The molecule has 5 heteroatoms. The number of H-pyrrole nitrogens is 1. The van der Waals surface area contributed by atoms with E-state index in [4.69, 9.17) is 0 Å². The normalized spacial score (nSPS) is 10.8. The molecule has 0 spiro atoms. The van der Waals surface area contributed by atoms with Gasteiger partial charge in [0.1, 0.15) is 0 Å². The van der Waals surface area contributed by atoms with Crippen LogP contribution in [0.3, 0.4) is 0 Å². The van der Waals surface area contributed by atoms with E-state index in [1.165, 1.54) is 0 Å². The Morgan fingerprint density at radius 3 is 2.41 bits per heavy atom. The Morgan fingerprint density at radius 2 is 1.77 bits per heavy atom. The molecule has 112 valence electrons. The molecule has 0 aliphatic rings. The van der Waals surface area contributed by atoms with Gasteiger partial charge in [-0.1, -0.05) is 37.3 Å². The average Bonchev–Trinajstić information content (AvgIpc) is 2.84. The third kappa shape index (κ3) is 2.70. The van der Waals surface area contributed by atoms with Crippen molar-refractivity contribution in [2.24, 2.45) is 0 Å². The molecule has 0 amide bonds. The van der Waals surface area contributed by atoms with Crippen LogP contribution in [-0.4, -0.2) is 19.7 Å². The molecule has 0 fully saturated rings. The van der Waals surface area contributed by atoms with Crippen molar-refractivity contribution in [1.29, 1.82) is 0 Å². The van der Waals surface area contributed by atoms with Gasteiger partial charge in [-0.2, -0.15) is 0 Å². The number of benzene rings is 1. The Morgan fingerprint density at radius 1 is 1.09 bits per heavy atom. The van der Waals surface area contributed by atoms with Gasteiger partial charge >= 0.3 is 0 Å². The Bertz CT molecular complexity index is 816. The Balaban J connectivity index is 1.97. The van der Waals surface area contributed by atoms with Gasteiger partial charge in [-0.15, -0.1) is 0 Å². The minimum atomic E-state index is -0.0930. The molecule has 5 nitrogen and oxygen atoms in total. The molecule has 0 unspecified atom stereocenters. The first-order chi connectivity index (χ1) is 10.7. The van der Waals surface area contributed by atoms with Crippen LogP contribution in [0, 0.1) is 6.92 Å². The van der Waals surface area contributed by atoms with Crippen molar-refractivity contribution in [3.8, 4) is 5.95 Å². The van der Waals surface area contributed by atoms with Gasteiger partial charge in [-0.05, 0) is 24.5 Å². The van der Waals surface area contributed by atoms with Crippen LogP contribution in [0.2, 0.25) is 0 Å². The van der Waals surface area contributed by atoms with Gasteiger partial charge in [-0.3, -0.25) is 9.89 Å². The summed E-state index contributed by atoms with van der Waals surface area (Å²) in [7, 11) is 0. The summed E-state index contributed by atoms with van der Waals surface area (Å²) in [4.78, 5) is 20.9. The maximum Gasteiger partial charge on any atom is 0.268 e. The number of nitrogens with zero attached hydrogens (tertiary/aromatic N) is 3. The summed E-state index contributed by atoms with van der Waals surface area (Å²) < 4.78 is 1.65. The number of nitrogens with one attached hydrogen (secondary N) is 1. The first kappa shape index (κ1) is 14.3. The lowest BCUT2D eigenvalue weighted by molar-refractivity contribution is 0.769. The number of aromatic nitrogens is 4. The monoisotopic (exact) mass is 294 g/mol. The fourth-order valence-corrected chi connectivity index (χ4v) is 2.41. The van der Waals surface area contributed by atoms with E-state index in [0.29, 0.717) is 12.4 Å². The minimum Gasteiger partial charge on any atom is -0.268 e. The third-order valence-corrected chi connectivity index (χ3v) is 3.78. The smallest absolute Gasteiger partial charge is 0.268 e. The molecule has 0 bridgehead atoms. The lowest BCUT2D eigenvalue weighted by atomic mass is 10.1. The molecule has 1 aromatic carbocycles. The summed E-state index contributed by atoms with van der Waals surface area (Å²) in [6, 6.07) is 9.95. The zero-order chi connectivity index (χ0) is 15.5. The van der Waals surface area contributed by atoms with E-state index in [2.05, 4.69) is 22.0 Å². The zero-order valence-corrected chi connectivity index (χ0v) is 12.7. The SMILES string of the molecule is CCc1cnc(-n2[nH]c(=O)c(Cc3ccccc3)c2C)nc1. The number of hydrogen-bond acceptors (Lipinski definition) is 3. The summed E-state index contributed by atoms with van der Waals surface area (Å²) in [6.07, 6.45) is 5.07. The maximum absolute atomic E-state index is 12.2. The molecule has 0 aliphatic heterocycles. The van der Waals surface area contributed by atoms with Gasteiger partial charge in [-0.25, -0.2) is 14.6 Å². The molecule has 2 heterocycles. The quantitative estimate of drug-likeness (QED) is 0.803. The molecule has 3 rings (SSSR count). The van der Waals surface area contributed by atoms with Crippen molar-refractivity contribution in [3.05, 3.63) is 75.5 Å². The largest absolute Gasteiger partial charge is 0.268 e. The summed E-state index contributed by atoms with van der Waals surface area (Å²) in [5.74, 6) is 0.492. The van der Waals surface area contributed by atoms with Crippen LogP contribution in [-0.2, 0) is 12.8 Å². The van der Waals surface area contributed by atoms with Crippen LogP contribution >= 0.6 is 0 Å². The van der Waals surface area contributed by atoms with E-state index in [1.54, 1.807) is 17.1 Å². The predicted molar refractivity (Wildman–Crippen MR) is 85.3 cm³/mol. The van der Waals surface area contributed by atoms with Gasteiger partial charge in [0.25, 0.3) is 5.56 Å². The summed E-state index contributed by atoms with van der Waals surface area (Å²) in [5, 5.41) is 2.82. The highest BCUT2D eigenvalue weighted by Gasteiger charge is 2.14. The second-order valence-corrected chi connectivity index (χ2v) is 5.25. The predicted octanol–water partition coefficient (Wildman–Crippen LogP) is 2.42. The topological polar surface area (TPSA) is 63.6 Å². The van der Waals surface area contributed by atoms with E-state index in [9.17, 15) is 4.79 Å². The molecule has 0 radical (unpaired) electrons. The third-order valence-electron chi connectivity index (χ3n) is 3.78. The van der Waals surface area contributed by atoms with Gasteiger partial charge in [0.05, 0.1) is 0 Å². The van der Waals surface area contributed by atoms with Crippen LogP contribution in [0.1, 0.15) is 29.3 Å². The zero-order valence-electron chi connectivity index (χ0n) is 12.7. The first-order valence-electron chi connectivity index (χ1n) is 7.34. The van der Waals surface area contributed by atoms with E-state index in [0.717, 1.165) is 28.8 Å².